The summed E-state index contributed by atoms with van der Waals surface area (Å²) >= 11 is 0. The number of hydrogen-bond acceptors (Lipinski definition) is 4. The highest BCUT2D eigenvalue weighted by Crippen LogP contribution is 2.41. The maximum absolute atomic E-state index is 12.3. The lowest BCUT2D eigenvalue weighted by atomic mass is 10.1. The maximum Gasteiger partial charge on any atom is 0.413 e. The Morgan fingerprint density at radius 3 is 2.39 bits per heavy atom. The predicted octanol–water partition coefficient (Wildman–Crippen LogP) is 6.17. The van der Waals surface area contributed by atoms with Gasteiger partial charge in [-0.15, -0.1) is 0 Å². The van der Waals surface area contributed by atoms with Crippen LogP contribution in [0.5, 0.6) is 0 Å². The van der Waals surface area contributed by atoms with E-state index in [4.69, 9.17) is 14.3 Å². The summed E-state index contributed by atoms with van der Waals surface area (Å²) in [5.41, 5.74) is 1.27. The molecule has 0 radical (unpaired) electrons. The van der Waals surface area contributed by atoms with Gasteiger partial charge in [-0.25, -0.2) is 9.48 Å². The number of carbonyl (C=O) groups is 1. The fraction of sp³-hybridized carbons (Fsp3) is 0.600. The molecule has 7 nitrogen and oxygen atoms in total. The summed E-state index contributed by atoms with van der Waals surface area (Å²) in [5.74, 6) is 0.547. The Morgan fingerprint density at radius 1 is 1.21 bits per heavy atom. The summed E-state index contributed by atoms with van der Waals surface area (Å²) in [6.45, 7) is 18.0. The Balaban J connectivity index is 1.87. The van der Waals surface area contributed by atoms with Crippen LogP contribution in [0.1, 0.15) is 65.3 Å². The number of benzene rings is 1. The molecule has 2 aromatic rings. The highest BCUT2D eigenvalue weighted by molar-refractivity contribution is 6.74. The molecule has 1 aromatic carbocycles. The minimum absolute atomic E-state index is 0.0269. The lowest BCUT2D eigenvalue weighted by Crippen LogP contribution is -2.44. The molecule has 8 heteroatoms. The zero-order chi connectivity index (χ0) is 24.6. The number of carboxylic acid groups (broad SMARTS) is 1. The molecule has 0 saturated carbocycles. The highest BCUT2D eigenvalue weighted by atomic mass is 28.4. The second-order valence-electron chi connectivity index (χ2n) is 11.4. The van der Waals surface area contributed by atoms with Crippen molar-refractivity contribution in [1.82, 2.24) is 9.78 Å². The SMILES string of the molecule is CC(C)(C)n1nc([C@@H]2C[C@H](O[Si](C)(C)C(C)(C)C)CO2)cc1N(Cc1ccccc1)C(=O)O. The first-order chi connectivity index (χ1) is 15.2. The average molecular weight is 474 g/mol. The summed E-state index contributed by atoms with van der Waals surface area (Å²) < 4.78 is 14.5. The molecular weight excluding hydrogens is 434 g/mol. The molecule has 0 bridgehead atoms. The van der Waals surface area contributed by atoms with Gasteiger partial charge in [-0.1, -0.05) is 51.1 Å². The van der Waals surface area contributed by atoms with Crippen molar-refractivity contribution in [2.24, 2.45) is 0 Å². The second kappa shape index (κ2) is 9.23. The van der Waals surface area contributed by atoms with Gasteiger partial charge < -0.3 is 14.3 Å². The minimum atomic E-state index is -1.90. The lowest BCUT2D eigenvalue weighted by Gasteiger charge is -2.38. The Labute approximate surface area is 198 Å². The smallest absolute Gasteiger partial charge is 0.413 e. The summed E-state index contributed by atoms with van der Waals surface area (Å²) in [7, 11) is -1.90. The molecule has 1 saturated heterocycles. The Bertz CT molecular complexity index is 960. The van der Waals surface area contributed by atoms with Crippen molar-refractivity contribution in [3.63, 3.8) is 0 Å². The molecular formula is C25H39N3O4Si. The van der Waals surface area contributed by atoms with Crippen molar-refractivity contribution in [2.75, 3.05) is 11.5 Å². The monoisotopic (exact) mass is 473 g/mol. The van der Waals surface area contributed by atoms with E-state index in [0.717, 1.165) is 17.7 Å². The van der Waals surface area contributed by atoms with E-state index < -0.39 is 19.9 Å². The summed E-state index contributed by atoms with van der Waals surface area (Å²) in [6, 6.07) is 11.5. The van der Waals surface area contributed by atoms with Gasteiger partial charge in [-0.2, -0.15) is 5.10 Å². The molecule has 2 heterocycles. The standard InChI is InChI=1S/C25H39N3O4Si/c1-24(2,3)28-22(27(23(29)30)16-18-12-10-9-11-13-18)15-20(26-28)21-14-19(17-31-21)32-33(7,8)25(4,5)6/h9-13,15,19,21H,14,16-17H2,1-8H3,(H,29,30)/t19-,21-/m0/s1. The average Bonchev–Trinajstić information content (AvgIpc) is 3.32. The molecule has 1 aliphatic heterocycles. The third-order valence-electron chi connectivity index (χ3n) is 6.59. The first-order valence-electron chi connectivity index (χ1n) is 11.6. The number of aromatic nitrogens is 2. The number of anilines is 1. The first kappa shape index (κ1) is 25.5. The largest absolute Gasteiger partial charge is 0.465 e. The molecule has 0 unspecified atom stereocenters. The molecule has 33 heavy (non-hydrogen) atoms. The Hall–Kier alpha value is -2.16. The molecule has 1 amide bonds. The van der Waals surface area contributed by atoms with Gasteiger partial charge in [0.15, 0.2) is 8.32 Å². The van der Waals surface area contributed by atoms with Gasteiger partial charge in [-0.05, 0) is 44.5 Å². The van der Waals surface area contributed by atoms with Gasteiger partial charge in [-0.3, -0.25) is 4.90 Å². The van der Waals surface area contributed by atoms with E-state index in [2.05, 4.69) is 33.9 Å². The van der Waals surface area contributed by atoms with Crippen LogP contribution in [0.15, 0.2) is 36.4 Å². The van der Waals surface area contributed by atoms with Gasteiger partial charge in [0.1, 0.15) is 11.9 Å². The second-order valence-corrected chi connectivity index (χ2v) is 16.2. The van der Waals surface area contributed by atoms with Crippen molar-refractivity contribution in [1.29, 1.82) is 0 Å². The van der Waals surface area contributed by atoms with Gasteiger partial charge in [0.25, 0.3) is 0 Å². The van der Waals surface area contributed by atoms with E-state index in [1.165, 1.54) is 4.90 Å². The van der Waals surface area contributed by atoms with Gasteiger partial charge >= 0.3 is 6.09 Å². The first-order valence-corrected chi connectivity index (χ1v) is 14.5. The number of nitrogens with zero attached hydrogens (tertiary/aromatic N) is 3. The number of rotatable bonds is 6. The lowest BCUT2D eigenvalue weighted by molar-refractivity contribution is 0.0882. The van der Waals surface area contributed by atoms with Crippen LogP contribution in [0.25, 0.3) is 0 Å². The fourth-order valence-corrected chi connectivity index (χ4v) is 5.08. The van der Waals surface area contributed by atoms with Crippen molar-refractivity contribution in [3.05, 3.63) is 47.7 Å². The maximum atomic E-state index is 12.3. The molecule has 1 aromatic heterocycles. The molecule has 1 N–H and O–H groups in total. The molecule has 0 aliphatic carbocycles. The molecule has 182 valence electrons. The van der Waals surface area contributed by atoms with Crippen molar-refractivity contribution in [3.8, 4) is 0 Å². The van der Waals surface area contributed by atoms with Crippen LogP contribution >= 0.6 is 0 Å². The van der Waals surface area contributed by atoms with Crippen LogP contribution in [0.3, 0.4) is 0 Å². The topological polar surface area (TPSA) is 76.8 Å². The number of ether oxygens (including phenoxy) is 1. The molecule has 0 spiro atoms. The zero-order valence-corrected chi connectivity index (χ0v) is 22.3. The van der Waals surface area contributed by atoms with Gasteiger partial charge in [0.2, 0.25) is 0 Å². The van der Waals surface area contributed by atoms with Gasteiger partial charge in [0.05, 0.1) is 30.5 Å². The summed E-state index contributed by atoms with van der Waals surface area (Å²) in [5, 5.41) is 15.0. The van der Waals surface area contributed by atoms with Gasteiger partial charge in [0, 0.05) is 12.5 Å². The van der Waals surface area contributed by atoms with E-state index in [9.17, 15) is 9.90 Å². The van der Waals surface area contributed by atoms with E-state index in [-0.39, 0.29) is 23.8 Å². The molecule has 2 atom stereocenters. The molecule has 1 fully saturated rings. The third kappa shape index (κ3) is 5.86. The van der Waals surface area contributed by atoms with E-state index in [0.29, 0.717) is 12.4 Å². The third-order valence-corrected chi connectivity index (χ3v) is 11.1. The Kier molecular flexibility index (Phi) is 7.12. The predicted molar refractivity (Wildman–Crippen MR) is 133 cm³/mol. The van der Waals surface area contributed by atoms with E-state index >= 15 is 0 Å². The van der Waals surface area contributed by atoms with E-state index in [1.807, 2.05) is 57.2 Å². The normalized spacial score (nSPS) is 19.6. The Morgan fingerprint density at radius 2 is 1.85 bits per heavy atom. The number of amides is 1. The van der Waals surface area contributed by atoms with Crippen LogP contribution in [-0.2, 0) is 21.2 Å². The summed E-state index contributed by atoms with van der Waals surface area (Å²) in [6.07, 6.45) is -0.477. The van der Waals surface area contributed by atoms with Crippen molar-refractivity contribution >= 4 is 20.2 Å². The fourth-order valence-electron chi connectivity index (χ4n) is 3.72. The van der Waals surface area contributed by atoms with E-state index in [1.54, 1.807) is 4.68 Å². The summed E-state index contributed by atoms with van der Waals surface area (Å²) in [4.78, 5) is 13.6. The van der Waals surface area contributed by atoms with Crippen LogP contribution in [0.4, 0.5) is 10.6 Å². The van der Waals surface area contributed by atoms with Crippen LogP contribution in [0.2, 0.25) is 18.1 Å². The van der Waals surface area contributed by atoms with Crippen LogP contribution in [-0.4, -0.2) is 42.0 Å². The van der Waals surface area contributed by atoms with Crippen LogP contribution in [0, 0.1) is 0 Å². The van der Waals surface area contributed by atoms with Crippen molar-refractivity contribution < 1.29 is 19.1 Å². The molecule has 1 aliphatic rings. The highest BCUT2D eigenvalue weighted by Gasteiger charge is 2.42. The minimum Gasteiger partial charge on any atom is -0.465 e. The number of hydrogen-bond donors (Lipinski definition) is 1. The van der Waals surface area contributed by atoms with Crippen LogP contribution < -0.4 is 4.90 Å². The molecule has 3 rings (SSSR count). The van der Waals surface area contributed by atoms with Crippen molar-refractivity contribution in [2.45, 2.75) is 90.4 Å². The quantitative estimate of drug-likeness (QED) is 0.507. The zero-order valence-electron chi connectivity index (χ0n) is 21.3.